The molecule has 24 heavy (non-hydrogen) atoms. The van der Waals surface area contributed by atoms with Crippen LogP contribution in [0.3, 0.4) is 0 Å². The van der Waals surface area contributed by atoms with Gasteiger partial charge in [0.2, 0.25) is 0 Å². The molecule has 1 fully saturated rings. The normalized spacial score (nSPS) is 15.0. The molecule has 0 amide bonds. The zero-order chi connectivity index (χ0) is 16.5. The summed E-state index contributed by atoms with van der Waals surface area (Å²) < 4.78 is 0. The first-order valence-electron chi connectivity index (χ1n) is 7.65. The Labute approximate surface area is 142 Å². The quantitative estimate of drug-likeness (QED) is 0.538. The molecule has 4 rings (SSSR count). The van der Waals surface area contributed by atoms with Crippen LogP contribution in [0.25, 0.3) is 10.2 Å². The number of nitrogens with zero attached hydrogens (tertiary/aromatic N) is 5. The Morgan fingerprint density at radius 2 is 1.79 bits per heavy atom. The molecule has 0 atom stereocenters. The SMILES string of the molecule is O=[N+]([O-])c1ccccc1N1CCN(c2ncnc3sccc23)CC1. The number of hydrogen-bond donors (Lipinski definition) is 0. The second-order valence-electron chi connectivity index (χ2n) is 5.56. The summed E-state index contributed by atoms with van der Waals surface area (Å²) in [6.07, 6.45) is 1.60. The molecule has 3 heterocycles. The van der Waals surface area contributed by atoms with Gasteiger partial charge in [-0.05, 0) is 17.5 Å². The minimum atomic E-state index is -0.318. The molecule has 0 unspecified atom stereocenters. The van der Waals surface area contributed by atoms with Gasteiger partial charge in [0.05, 0.1) is 10.3 Å². The summed E-state index contributed by atoms with van der Waals surface area (Å²) in [7, 11) is 0. The topological polar surface area (TPSA) is 75.4 Å². The maximum absolute atomic E-state index is 11.2. The molecular formula is C16H15N5O2S. The van der Waals surface area contributed by atoms with Gasteiger partial charge in [-0.3, -0.25) is 10.1 Å². The van der Waals surface area contributed by atoms with Crippen LogP contribution in [-0.2, 0) is 0 Å². The van der Waals surface area contributed by atoms with Crippen LogP contribution in [-0.4, -0.2) is 41.1 Å². The van der Waals surface area contributed by atoms with Gasteiger partial charge in [0, 0.05) is 32.2 Å². The van der Waals surface area contributed by atoms with E-state index in [-0.39, 0.29) is 10.6 Å². The molecule has 0 bridgehead atoms. The smallest absolute Gasteiger partial charge is 0.292 e. The number of para-hydroxylation sites is 2. The average Bonchev–Trinajstić information content (AvgIpc) is 3.10. The molecule has 1 saturated heterocycles. The molecule has 122 valence electrons. The first kappa shape index (κ1) is 14.8. The summed E-state index contributed by atoms with van der Waals surface area (Å²) in [6.45, 7) is 2.99. The molecule has 7 nitrogen and oxygen atoms in total. The molecule has 1 aliphatic rings. The van der Waals surface area contributed by atoms with Crippen molar-refractivity contribution in [1.29, 1.82) is 0 Å². The van der Waals surface area contributed by atoms with Crippen molar-refractivity contribution in [3.8, 4) is 0 Å². The first-order chi connectivity index (χ1) is 11.7. The maximum Gasteiger partial charge on any atom is 0.292 e. The number of anilines is 2. The summed E-state index contributed by atoms with van der Waals surface area (Å²) in [5.74, 6) is 0.948. The zero-order valence-electron chi connectivity index (χ0n) is 12.8. The number of aromatic nitrogens is 2. The van der Waals surface area contributed by atoms with E-state index in [4.69, 9.17) is 0 Å². The number of rotatable bonds is 3. The summed E-state index contributed by atoms with van der Waals surface area (Å²) in [4.78, 5) is 24.9. The van der Waals surface area contributed by atoms with E-state index in [1.807, 2.05) is 23.6 Å². The highest BCUT2D eigenvalue weighted by Gasteiger charge is 2.24. The van der Waals surface area contributed by atoms with Crippen LogP contribution in [0, 0.1) is 10.1 Å². The average molecular weight is 341 g/mol. The Bertz CT molecular complexity index is 889. The largest absolute Gasteiger partial charge is 0.362 e. The molecule has 0 radical (unpaired) electrons. The second-order valence-corrected chi connectivity index (χ2v) is 6.45. The fourth-order valence-corrected chi connectivity index (χ4v) is 3.80. The third-order valence-corrected chi connectivity index (χ3v) is 5.06. The van der Waals surface area contributed by atoms with Crippen molar-refractivity contribution in [3.63, 3.8) is 0 Å². The van der Waals surface area contributed by atoms with Gasteiger partial charge in [0.25, 0.3) is 5.69 Å². The van der Waals surface area contributed by atoms with Crippen molar-refractivity contribution in [2.45, 2.75) is 0 Å². The van der Waals surface area contributed by atoms with Gasteiger partial charge in [-0.2, -0.15) is 0 Å². The minimum absolute atomic E-state index is 0.160. The van der Waals surface area contributed by atoms with Crippen molar-refractivity contribution >= 4 is 38.7 Å². The Balaban J connectivity index is 1.55. The summed E-state index contributed by atoms with van der Waals surface area (Å²) in [6, 6.07) is 8.96. The number of thiophene rings is 1. The number of nitro groups is 1. The number of hydrogen-bond acceptors (Lipinski definition) is 7. The van der Waals surface area contributed by atoms with Gasteiger partial charge in [-0.1, -0.05) is 12.1 Å². The molecule has 0 N–H and O–H groups in total. The Hall–Kier alpha value is -2.74. The van der Waals surface area contributed by atoms with E-state index in [1.165, 1.54) is 0 Å². The van der Waals surface area contributed by atoms with Crippen LogP contribution in [0.1, 0.15) is 0 Å². The van der Waals surface area contributed by atoms with Gasteiger partial charge in [-0.25, -0.2) is 9.97 Å². The van der Waals surface area contributed by atoms with Gasteiger partial charge < -0.3 is 9.80 Å². The lowest BCUT2D eigenvalue weighted by Gasteiger charge is -2.36. The molecule has 0 spiro atoms. The molecule has 1 aliphatic heterocycles. The Morgan fingerprint density at radius 3 is 2.58 bits per heavy atom. The van der Waals surface area contributed by atoms with E-state index in [2.05, 4.69) is 19.8 Å². The van der Waals surface area contributed by atoms with Crippen LogP contribution in [0.5, 0.6) is 0 Å². The van der Waals surface area contributed by atoms with Crippen molar-refractivity contribution in [3.05, 3.63) is 52.2 Å². The highest BCUT2D eigenvalue weighted by molar-refractivity contribution is 7.16. The number of nitro benzene ring substituents is 1. The highest BCUT2D eigenvalue weighted by atomic mass is 32.1. The lowest BCUT2D eigenvalue weighted by Crippen LogP contribution is -2.47. The predicted octanol–water partition coefficient (Wildman–Crippen LogP) is 2.93. The number of piperazine rings is 1. The molecule has 0 saturated carbocycles. The molecule has 8 heteroatoms. The third kappa shape index (κ3) is 2.54. The molecular weight excluding hydrogens is 326 g/mol. The second kappa shape index (κ2) is 6.04. The van der Waals surface area contributed by atoms with Gasteiger partial charge >= 0.3 is 0 Å². The summed E-state index contributed by atoms with van der Waals surface area (Å²) in [5, 5.41) is 14.3. The van der Waals surface area contributed by atoms with E-state index in [1.54, 1.807) is 29.8 Å². The van der Waals surface area contributed by atoms with Crippen molar-refractivity contribution in [1.82, 2.24) is 9.97 Å². The van der Waals surface area contributed by atoms with Crippen LogP contribution in [0.15, 0.2) is 42.0 Å². The summed E-state index contributed by atoms with van der Waals surface area (Å²) in [5.41, 5.74) is 0.846. The third-order valence-electron chi connectivity index (χ3n) is 4.24. The standard InChI is InChI=1S/C16H15N5O2S/c22-21(23)14-4-2-1-3-13(14)19-6-8-20(9-7-19)15-12-5-10-24-16(12)18-11-17-15/h1-5,10-11H,6-9H2. The van der Waals surface area contributed by atoms with Gasteiger partial charge in [0.1, 0.15) is 22.7 Å². The Morgan fingerprint density at radius 1 is 1.04 bits per heavy atom. The monoisotopic (exact) mass is 341 g/mol. The molecule has 3 aromatic rings. The fourth-order valence-electron chi connectivity index (χ4n) is 3.07. The number of benzene rings is 1. The van der Waals surface area contributed by atoms with Crippen molar-refractivity contribution < 1.29 is 4.92 Å². The van der Waals surface area contributed by atoms with Crippen molar-refractivity contribution in [2.75, 3.05) is 36.0 Å². The lowest BCUT2D eigenvalue weighted by molar-refractivity contribution is -0.384. The van der Waals surface area contributed by atoms with Gasteiger partial charge in [-0.15, -0.1) is 11.3 Å². The minimum Gasteiger partial charge on any atom is -0.362 e. The van der Waals surface area contributed by atoms with E-state index < -0.39 is 0 Å². The van der Waals surface area contributed by atoms with Crippen LogP contribution >= 0.6 is 11.3 Å². The fraction of sp³-hybridized carbons (Fsp3) is 0.250. The summed E-state index contributed by atoms with van der Waals surface area (Å²) >= 11 is 1.60. The van der Waals surface area contributed by atoms with E-state index >= 15 is 0 Å². The van der Waals surface area contributed by atoms with Gasteiger partial charge in [0.15, 0.2) is 0 Å². The van der Waals surface area contributed by atoms with Crippen molar-refractivity contribution in [2.24, 2.45) is 0 Å². The zero-order valence-corrected chi connectivity index (χ0v) is 13.6. The lowest BCUT2D eigenvalue weighted by atomic mass is 10.2. The molecule has 2 aromatic heterocycles. The van der Waals surface area contributed by atoms with Crippen LogP contribution in [0.2, 0.25) is 0 Å². The van der Waals surface area contributed by atoms with Crippen LogP contribution < -0.4 is 9.80 Å². The number of fused-ring (bicyclic) bond motifs is 1. The van der Waals surface area contributed by atoms with E-state index in [9.17, 15) is 10.1 Å². The maximum atomic E-state index is 11.2. The molecule has 1 aromatic carbocycles. The molecule has 0 aliphatic carbocycles. The highest BCUT2D eigenvalue weighted by Crippen LogP contribution is 2.31. The predicted molar refractivity (Wildman–Crippen MR) is 94.9 cm³/mol. The van der Waals surface area contributed by atoms with E-state index in [0.29, 0.717) is 5.69 Å². The Kier molecular flexibility index (Phi) is 3.73. The van der Waals surface area contributed by atoms with E-state index in [0.717, 1.165) is 42.2 Å². The van der Waals surface area contributed by atoms with Crippen LogP contribution in [0.4, 0.5) is 17.2 Å². The first-order valence-corrected chi connectivity index (χ1v) is 8.53.